The van der Waals surface area contributed by atoms with E-state index in [1.165, 1.54) is 31.2 Å². The SMILES string of the molecule is C[C@H](NC(=O)[C@H](CCCCN)NC(=O)[C@H](CCCN=C(N)N)NC(=O)[C@@H](N)CCCN=C(N)N)C(=O)N[C@@H](Cc1ccc(O)cc1)C(=O)O. The number of amides is 4. The van der Waals surface area contributed by atoms with Crippen molar-refractivity contribution in [3.63, 3.8) is 0 Å². The molecule has 0 aliphatic rings. The minimum absolute atomic E-state index is 0.00307. The monoisotopic (exact) mass is 692 g/mol. The van der Waals surface area contributed by atoms with E-state index in [9.17, 15) is 34.2 Å². The number of unbranched alkanes of at least 4 members (excludes halogenated alkanes) is 1. The Labute approximate surface area is 285 Å². The smallest absolute Gasteiger partial charge is 0.326 e. The number of aliphatic carboxylic acids is 1. The zero-order valence-electron chi connectivity index (χ0n) is 27.8. The molecule has 0 spiro atoms. The summed E-state index contributed by atoms with van der Waals surface area (Å²) in [5.41, 5.74) is 33.6. The van der Waals surface area contributed by atoms with E-state index in [0.717, 1.165) is 0 Å². The molecule has 19 heteroatoms. The molecule has 5 atom stereocenters. The molecule has 1 rings (SSSR count). The predicted molar refractivity (Wildman–Crippen MR) is 184 cm³/mol. The van der Waals surface area contributed by atoms with Gasteiger partial charge in [0, 0.05) is 19.5 Å². The summed E-state index contributed by atoms with van der Waals surface area (Å²) in [6, 6.07) is 0.0984. The summed E-state index contributed by atoms with van der Waals surface area (Å²) >= 11 is 0. The van der Waals surface area contributed by atoms with E-state index in [2.05, 4.69) is 31.3 Å². The van der Waals surface area contributed by atoms with Gasteiger partial charge in [0.25, 0.3) is 0 Å². The molecule has 0 bridgehead atoms. The lowest BCUT2D eigenvalue weighted by atomic mass is 10.0. The number of nitrogens with one attached hydrogen (secondary N) is 4. The second-order valence-electron chi connectivity index (χ2n) is 11.4. The lowest BCUT2D eigenvalue weighted by Gasteiger charge is -2.25. The number of aromatic hydroxyl groups is 1. The van der Waals surface area contributed by atoms with Crippen LogP contribution in [0.2, 0.25) is 0 Å². The Morgan fingerprint density at radius 3 is 1.71 bits per heavy atom. The summed E-state index contributed by atoms with van der Waals surface area (Å²) in [6.07, 6.45) is 2.11. The molecule has 274 valence electrons. The topological polar surface area (TPSA) is 355 Å². The molecule has 0 aliphatic carbocycles. The third-order valence-corrected chi connectivity index (χ3v) is 7.21. The predicted octanol–water partition coefficient (Wildman–Crippen LogP) is -3.46. The Morgan fingerprint density at radius 1 is 0.694 bits per heavy atom. The van der Waals surface area contributed by atoms with Crippen LogP contribution in [0.5, 0.6) is 5.75 Å². The van der Waals surface area contributed by atoms with E-state index in [1.807, 2.05) is 0 Å². The van der Waals surface area contributed by atoms with Crippen LogP contribution in [0.4, 0.5) is 0 Å². The van der Waals surface area contributed by atoms with Gasteiger partial charge in [-0.25, -0.2) is 4.79 Å². The van der Waals surface area contributed by atoms with E-state index >= 15 is 0 Å². The number of nitrogens with zero attached hydrogens (tertiary/aromatic N) is 2. The van der Waals surface area contributed by atoms with E-state index < -0.39 is 59.8 Å². The van der Waals surface area contributed by atoms with Gasteiger partial charge in [0.1, 0.15) is 29.9 Å². The fourth-order valence-corrected chi connectivity index (χ4v) is 4.48. The molecule has 0 aliphatic heterocycles. The van der Waals surface area contributed by atoms with Crippen LogP contribution in [-0.2, 0) is 30.4 Å². The van der Waals surface area contributed by atoms with Crippen molar-refractivity contribution in [3.05, 3.63) is 29.8 Å². The summed E-state index contributed by atoms with van der Waals surface area (Å²) in [7, 11) is 0. The van der Waals surface area contributed by atoms with Crippen LogP contribution in [0.15, 0.2) is 34.3 Å². The number of aliphatic imine (C=N–C) groups is 2. The number of carboxylic acids is 1. The van der Waals surface area contributed by atoms with Gasteiger partial charge in [-0.15, -0.1) is 0 Å². The van der Waals surface area contributed by atoms with Crippen molar-refractivity contribution >= 4 is 41.5 Å². The van der Waals surface area contributed by atoms with Crippen LogP contribution < -0.4 is 55.7 Å². The quantitative estimate of drug-likeness (QED) is 0.0302. The first-order chi connectivity index (χ1) is 23.1. The fourth-order valence-electron chi connectivity index (χ4n) is 4.48. The molecule has 0 aromatic heterocycles. The van der Waals surface area contributed by atoms with E-state index in [4.69, 9.17) is 34.4 Å². The summed E-state index contributed by atoms with van der Waals surface area (Å²) in [5, 5.41) is 29.3. The number of carbonyl (C=O) groups excluding carboxylic acids is 4. The minimum Gasteiger partial charge on any atom is -0.508 e. The summed E-state index contributed by atoms with van der Waals surface area (Å²) in [6.45, 7) is 2.14. The molecule has 19 nitrogen and oxygen atoms in total. The fraction of sp³-hybridized carbons (Fsp3) is 0.567. The number of hydrogen-bond acceptors (Lipinski definition) is 10. The van der Waals surface area contributed by atoms with Gasteiger partial charge in [0.05, 0.1) is 6.04 Å². The van der Waals surface area contributed by atoms with E-state index in [0.29, 0.717) is 37.8 Å². The number of phenolic OH excluding ortho intramolecular Hbond substituents is 1. The van der Waals surface area contributed by atoms with Crippen molar-refractivity contribution < 1.29 is 34.2 Å². The highest BCUT2D eigenvalue weighted by atomic mass is 16.4. The average Bonchev–Trinajstić information content (AvgIpc) is 3.03. The first kappa shape index (κ1) is 41.9. The lowest BCUT2D eigenvalue weighted by Crippen LogP contribution is -2.58. The zero-order chi connectivity index (χ0) is 36.9. The van der Waals surface area contributed by atoms with Gasteiger partial charge >= 0.3 is 5.97 Å². The van der Waals surface area contributed by atoms with Gasteiger partial charge in [0.15, 0.2) is 11.9 Å². The van der Waals surface area contributed by atoms with Gasteiger partial charge in [-0.05, 0) is 76.1 Å². The third-order valence-electron chi connectivity index (χ3n) is 7.21. The normalized spacial score (nSPS) is 13.8. The second-order valence-corrected chi connectivity index (χ2v) is 11.4. The van der Waals surface area contributed by atoms with Crippen LogP contribution >= 0.6 is 0 Å². The molecule has 0 saturated carbocycles. The molecule has 0 fully saturated rings. The van der Waals surface area contributed by atoms with Crippen molar-refractivity contribution in [2.75, 3.05) is 19.6 Å². The highest BCUT2D eigenvalue weighted by Gasteiger charge is 2.30. The molecule has 4 amide bonds. The summed E-state index contributed by atoms with van der Waals surface area (Å²) in [4.78, 5) is 72.2. The highest BCUT2D eigenvalue weighted by Crippen LogP contribution is 2.12. The number of guanidine groups is 2. The van der Waals surface area contributed by atoms with E-state index in [1.54, 1.807) is 0 Å². The van der Waals surface area contributed by atoms with Gasteiger partial charge in [0.2, 0.25) is 23.6 Å². The third kappa shape index (κ3) is 17.5. The molecule has 1 aromatic rings. The molecular weight excluding hydrogens is 640 g/mol. The van der Waals surface area contributed by atoms with E-state index in [-0.39, 0.29) is 56.4 Å². The van der Waals surface area contributed by atoms with Crippen molar-refractivity contribution in [1.29, 1.82) is 0 Å². The lowest BCUT2D eigenvalue weighted by molar-refractivity contribution is -0.142. The number of hydrogen-bond donors (Lipinski definition) is 12. The van der Waals surface area contributed by atoms with Crippen LogP contribution in [0.3, 0.4) is 0 Å². The number of nitrogens with two attached hydrogens (primary N) is 6. The van der Waals surface area contributed by atoms with Crippen molar-refractivity contribution in [3.8, 4) is 5.75 Å². The molecule has 0 heterocycles. The van der Waals surface area contributed by atoms with Crippen LogP contribution in [0.1, 0.15) is 57.4 Å². The number of carbonyl (C=O) groups is 5. The van der Waals surface area contributed by atoms with Crippen LogP contribution in [-0.4, -0.2) is 102 Å². The molecule has 1 aromatic carbocycles. The first-order valence-corrected chi connectivity index (χ1v) is 15.9. The average molecular weight is 693 g/mol. The number of phenols is 1. The van der Waals surface area contributed by atoms with Crippen molar-refractivity contribution in [2.45, 2.75) is 88.5 Å². The number of rotatable bonds is 23. The van der Waals surface area contributed by atoms with Crippen LogP contribution in [0, 0.1) is 0 Å². The number of carboxylic acid groups (broad SMARTS) is 1. The zero-order valence-corrected chi connectivity index (χ0v) is 27.8. The highest BCUT2D eigenvalue weighted by molar-refractivity contribution is 5.95. The summed E-state index contributed by atoms with van der Waals surface area (Å²) in [5.74, 6) is -4.30. The van der Waals surface area contributed by atoms with Gasteiger partial charge in [-0.3, -0.25) is 29.2 Å². The largest absolute Gasteiger partial charge is 0.508 e. The first-order valence-electron chi connectivity index (χ1n) is 15.9. The van der Waals surface area contributed by atoms with Gasteiger partial charge in [-0.1, -0.05) is 12.1 Å². The molecule has 0 saturated heterocycles. The maximum Gasteiger partial charge on any atom is 0.326 e. The number of benzene rings is 1. The Hall–Kier alpha value is -5.17. The maximum absolute atomic E-state index is 13.5. The maximum atomic E-state index is 13.5. The Morgan fingerprint density at radius 2 is 1.18 bits per heavy atom. The van der Waals surface area contributed by atoms with Gasteiger partial charge in [-0.2, -0.15) is 0 Å². The Kier molecular flexibility index (Phi) is 19.1. The molecule has 0 radical (unpaired) electrons. The van der Waals surface area contributed by atoms with Crippen LogP contribution in [0.25, 0.3) is 0 Å². The molecule has 0 unspecified atom stereocenters. The Bertz CT molecular complexity index is 1280. The summed E-state index contributed by atoms with van der Waals surface area (Å²) < 4.78 is 0. The second kappa shape index (κ2) is 22.4. The van der Waals surface area contributed by atoms with Crippen molar-refractivity contribution in [1.82, 2.24) is 21.3 Å². The molecule has 49 heavy (non-hydrogen) atoms. The Balaban J connectivity index is 3.01. The molecule has 18 N–H and O–H groups in total. The standard InChI is InChI=1S/C30H52N12O7/c1-17(24(44)42-23(28(48)49)16-18-9-11-19(43)12-10-18)39-26(46)21(7-2-3-13-31)41-27(47)22(8-5-15-38-30(35)36)40-25(45)20(32)6-4-14-37-29(33)34/h9-12,17,20-23,43H,2-8,13-16,31-32H2,1H3,(H,39,46)(H,40,45)(H,41,47)(H,42,44)(H,48,49)(H4,33,34,37)(H4,35,36,38)/t17-,20-,21-,22-,23-/m0/s1. The van der Waals surface area contributed by atoms with Gasteiger partial charge < -0.3 is 65.9 Å². The molecular formula is C30H52N12O7. The van der Waals surface area contributed by atoms with Crippen molar-refractivity contribution in [2.24, 2.45) is 44.4 Å². The minimum atomic E-state index is -1.32.